The topological polar surface area (TPSA) is 41.6 Å². The number of fused-ring (bicyclic) bond motifs is 2. The summed E-state index contributed by atoms with van der Waals surface area (Å²) in [5.41, 5.74) is 3.00. The zero-order valence-corrected chi connectivity index (χ0v) is 19.2. The standard InChI is InChI=1S/C28H27F3N2O2/c29-28(30,31)23-12-10-21(11-13-23)26(20-6-2-1-3-7-20)32-18-25(34)33-16-14-27(15-17-33)24-9-5-4-8-22(24)19-35-27/h1-13,26,32H,14-19H2. The quantitative estimate of drug-likeness (QED) is 0.529. The molecule has 1 atom stereocenters. The number of nitrogens with one attached hydrogen (secondary N) is 1. The van der Waals surface area contributed by atoms with Gasteiger partial charge in [-0.1, -0.05) is 66.7 Å². The molecule has 0 aromatic heterocycles. The Hall–Kier alpha value is -3.16. The third-order valence-electron chi connectivity index (χ3n) is 7.10. The van der Waals surface area contributed by atoms with Gasteiger partial charge in [0.25, 0.3) is 0 Å². The minimum Gasteiger partial charge on any atom is -0.365 e. The van der Waals surface area contributed by atoms with E-state index in [9.17, 15) is 18.0 Å². The first-order chi connectivity index (χ1) is 16.9. The molecule has 2 aliphatic rings. The Kier molecular flexibility index (Phi) is 6.38. The first kappa shape index (κ1) is 23.6. The van der Waals surface area contributed by atoms with Crippen molar-refractivity contribution in [3.8, 4) is 0 Å². The lowest BCUT2D eigenvalue weighted by atomic mass is 9.84. The van der Waals surface area contributed by atoms with Gasteiger partial charge in [-0.2, -0.15) is 13.2 Å². The summed E-state index contributed by atoms with van der Waals surface area (Å²) in [5, 5.41) is 3.28. The molecule has 1 fully saturated rings. The zero-order valence-electron chi connectivity index (χ0n) is 19.2. The lowest BCUT2D eigenvalue weighted by Crippen LogP contribution is -2.48. The Balaban J connectivity index is 1.25. The molecule has 0 radical (unpaired) electrons. The van der Waals surface area contributed by atoms with E-state index < -0.39 is 17.8 Å². The fraction of sp³-hybridized carbons (Fsp3) is 0.321. The van der Waals surface area contributed by atoms with Gasteiger partial charge < -0.3 is 9.64 Å². The molecule has 3 aromatic rings. The van der Waals surface area contributed by atoms with Crippen molar-refractivity contribution in [2.24, 2.45) is 0 Å². The number of alkyl halides is 3. The summed E-state index contributed by atoms with van der Waals surface area (Å²) in [5.74, 6) is -0.0287. The van der Waals surface area contributed by atoms with Crippen LogP contribution in [0.15, 0.2) is 78.9 Å². The van der Waals surface area contributed by atoms with Gasteiger partial charge in [0.15, 0.2) is 0 Å². The molecule has 2 heterocycles. The maximum absolute atomic E-state index is 13.1. The molecule has 3 aromatic carbocycles. The van der Waals surface area contributed by atoms with Gasteiger partial charge in [0.2, 0.25) is 5.91 Å². The third-order valence-corrected chi connectivity index (χ3v) is 7.10. The Morgan fingerprint density at radius 3 is 2.23 bits per heavy atom. The van der Waals surface area contributed by atoms with Crippen molar-refractivity contribution in [1.29, 1.82) is 0 Å². The summed E-state index contributed by atoms with van der Waals surface area (Å²) >= 11 is 0. The van der Waals surface area contributed by atoms with Crippen molar-refractivity contribution in [2.45, 2.75) is 37.3 Å². The van der Waals surface area contributed by atoms with E-state index in [0.717, 1.165) is 30.5 Å². The van der Waals surface area contributed by atoms with E-state index in [0.29, 0.717) is 25.3 Å². The monoisotopic (exact) mass is 480 g/mol. The molecule has 5 rings (SSSR count). The van der Waals surface area contributed by atoms with Crippen molar-refractivity contribution in [3.05, 3.63) is 107 Å². The van der Waals surface area contributed by atoms with E-state index in [1.807, 2.05) is 47.4 Å². The van der Waals surface area contributed by atoms with Gasteiger partial charge in [-0.25, -0.2) is 0 Å². The van der Waals surface area contributed by atoms with Gasteiger partial charge in [0.05, 0.1) is 30.4 Å². The Bertz CT molecular complexity index is 1170. The number of hydrogen-bond acceptors (Lipinski definition) is 3. The second-order valence-electron chi connectivity index (χ2n) is 9.17. The number of nitrogens with zero attached hydrogens (tertiary/aromatic N) is 1. The number of carbonyl (C=O) groups excluding carboxylic acids is 1. The average molecular weight is 481 g/mol. The van der Waals surface area contributed by atoms with Crippen LogP contribution in [0.2, 0.25) is 0 Å². The summed E-state index contributed by atoms with van der Waals surface area (Å²) < 4.78 is 45.3. The predicted octanol–water partition coefficient (Wildman–Crippen LogP) is 5.43. The fourth-order valence-electron chi connectivity index (χ4n) is 5.15. The molecule has 1 N–H and O–H groups in total. The van der Waals surface area contributed by atoms with Crippen LogP contribution in [0.5, 0.6) is 0 Å². The maximum atomic E-state index is 13.1. The number of rotatable bonds is 5. The van der Waals surface area contributed by atoms with Crippen molar-refractivity contribution in [1.82, 2.24) is 10.2 Å². The molecule has 2 aliphatic heterocycles. The number of piperidine rings is 1. The molecule has 1 unspecified atom stereocenters. The number of ether oxygens (including phenoxy) is 1. The lowest BCUT2D eigenvalue weighted by molar-refractivity contribution is -0.138. The van der Waals surface area contributed by atoms with Gasteiger partial charge in [0.1, 0.15) is 0 Å². The average Bonchev–Trinajstić information content (AvgIpc) is 3.23. The van der Waals surface area contributed by atoms with E-state index in [2.05, 4.69) is 17.4 Å². The molecule has 1 amide bonds. The summed E-state index contributed by atoms with van der Waals surface area (Å²) in [4.78, 5) is 14.9. The second kappa shape index (κ2) is 9.47. The van der Waals surface area contributed by atoms with E-state index >= 15 is 0 Å². The smallest absolute Gasteiger partial charge is 0.365 e. The minimum atomic E-state index is -4.39. The van der Waals surface area contributed by atoms with Crippen molar-refractivity contribution in [3.63, 3.8) is 0 Å². The lowest BCUT2D eigenvalue weighted by Gasteiger charge is -2.39. The van der Waals surface area contributed by atoms with E-state index in [1.54, 1.807) is 0 Å². The molecular weight excluding hydrogens is 453 g/mol. The van der Waals surface area contributed by atoms with Crippen LogP contribution in [0.4, 0.5) is 13.2 Å². The number of amides is 1. The summed E-state index contributed by atoms with van der Waals surface area (Å²) in [6.45, 7) is 1.90. The minimum absolute atomic E-state index is 0.0287. The summed E-state index contributed by atoms with van der Waals surface area (Å²) in [7, 11) is 0. The van der Waals surface area contributed by atoms with Gasteiger partial charge in [-0.3, -0.25) is 10.1 Å². The highest BCUT2D eigenvalue weighted by molar-refractivity contribution is 5.78. The Labute approximate surface area is 202 Å². The predicted molar refractivity (Wildman–Crippen MR) is 126 cm³/mol. The Morgan fingerprint density at radius 2 is 1.54 bits per heavy atom. The number of halogens is 3. The van der Waals surface area contributed by atoms with Crippen molar-refractivity contribution in [2.75, 3.05) is 19.6 Å². The van der Waals surface area contributed by atoms with Crippen LogP contribution in [-0.2, 0) is 27.9 Å². The van der Waals surface area contributed by atoms with Gasteiger partial charge in [-0.05, 0) is 47.2 Å². The number of likely N-dealkylation sites (tertiary alicyclic amines) is 1. The molecule has 0 saturated carbocycles. The molecule has 1 spiro atoms. The van der Waals surface area contributed by atoms with Crippen LogP contribution in [0.25, 0.3) is 0 Å². The molecular formula is C28H27F3N2O2. The molecule has 4 nitrogen and oxygen atoms in total. The Morgan fingerprint density at radius 1 is 0.914 bits per heavy atom. The molecule has 0 bridgehead atoms. The van der Waals surface area contributed by atoms with Crippen molar-refractivity contribution < 1.29 is 22.7 Å². The highest BCUT2D eigenvalue weighted by atomic mass is 19.4. The van der Waals surface area contributed by atoms with Gasteiger partial charge >= 0.3 is 6.18 Å². The van der Waals surface area contributed by atoms with E-state index in [-0.39, 0.29) is 18.1 Å². The highest BCUT2D eigenvalue weighted by Gasteiger charge is 2.43. The zero-order chi connectivity index (χ0) is 24.5. The fourth-order valence-corrected chi connectivity index (χ4v) is 5.15. The van der Waals surface area contributed by atoms with Crippen molar-refractivity contribution >= 4 is 5.91 Å². The van der Waals surface area contributed by atoms with E-state index in [4.69, 9.17) is 4.74 Å². The highest BCUT2D eigenvalue weighted by Crippen LogP contribution is 2.44. The summed E-state index contributed by atoms with van der Waals surface area (Å²) in [6, 6.07) is 22.4. The van der Waals surface area contributed by atoms with Crippen LogP contribution >= 0.6 is 0 Å². The second-order valence-corrected chi connectivity index (χ2v) is 9.17. The summed E-state index contributed by atoms with van der Waals surface area (Å²) in [6.07, 6.45) is -2.90. The van der Waals surface area contributed by atoms with Gasteiger partial charge in [0, 0.05) is 13.1 Å². The van der Waals surface area contributed by atoms with Crippen LogP contribution in [0.1, 0.15) is 46.7 Å². The van der Waals surface area contributed by atoms with E-state index in [1.165, 1.54) is 23.3 Å². The number of carbonyl (C=O) groups is 1. The van der Waals surface area contributed by atoms with Crippen LogP contribution < -0.4 is 5.32 Å². The number of hydrogen-bond donors (Lipinski definition) is 1. The molecule has 182 valence electrons. The maximum Gasteiger partial charge on any atom is 0.416 e. The molecule has 1 saturated heterocycles. The van der Waals surface area contributed by atoms with Gasteiger partial charge in [-0.15, -0.1) is 0 Å². The first-order valence-corrected chi connectivity index (χ1v) is 11.8. The molecule has 35 heavy (non-hydrogen) atoms. The normalized spacial score (nSPS) is 17.9. The number of benzene rings is 3. The third kappa shape index (κ3) is 4.83. The van der Waals surface area contributed by atoms with Crippen LogP contribution in [-0.4, -0.2) is 30.4 Å². The molecule has 0 aliphatic carbocycles. The largest absolute Gasteiger partial charge is 0.416 e. The van der Waals surface area contributed by atoms with Crippen LogP contribution in [0, 0.1) is 0 Å². The first-order valence-electron chi connectivity index (χ1n) is 11.8. The SMILES string of the molecule is O=C(CNC(c1ccccc1)c1ccc(C(F)(F)F)cc1)N1CCC2(CC1)OCc1ccccc12. The molecule has 7 heteroatoms. The van der Waals surface area contributed by atoms with Crippen LogP contribution in [0.3, 0.4) is 0 Å².